The number of benzene rings is 2. The normalized spacial score (nSPS) is 11.4. The molecule has 0 spiro atoms. The summed E-state index contributed by atoms with van der Waals surface area (Å²) in [5.41, 5.74) is 2.63. The van der Waals surface area contributed by atoms with E-state index in [1.807, 2.05) is 42.5 Å². The van der Waals surface area contributed by atoms with Crippen LogP contribution in [0.1, 0.15) is 21.9 Å². The van der Waals surface area contributed by atoms with Crippen LogP contribution in [0.15, 0.2) is 71.3 Å². The van der Waals surface area contributed by atoms with Crippen molar-refractivity contribution in [2.24, 2.45) is 0 Å². The molecule has 29 heavy (non-hydrogen) atoms. The predicted octanol–water partition coefficient (Wildman–Crippen LogP) is 4.66. The number of oxazole rings is 1. The monoisotopic (exact) mass is 386 g/mol. The second kappa shape index (κ2) is 7.98. The van der Waals surface area contributed by atoms with Crippen LogP contribution in [0.5, 0.6) is 11.5 Å². The Morgan fingerprint density at radius 2 is 1.76 bits per heavy atom. The van der Waals surface area contributed by atoms with Crippen molar-refractivity contribution in [2.45, 2.75) is 0 Å². The number of pyridine rings is 1. The van der Waals surface area contributed by atoms with Crippen molar-refractivity contribution in [1.29, 1.82) is 0 Å². The number of aromatic nitrogens is 2. The molecule has 0 aliphatic rings. The fourth-order valence-corrected chi connectivity index (χ4v) is 2.95. The third-order valence-corrected chi connectivity index (χ3v) is 4.39. The van der Waals surface area contributed by atoms with Crippen LogP contribution in [-0.2, 0) is 0 Å². The molecule has 144 valence electrons. The number of fused-ring (bicyclic) bond motifs is 1. The number of methoxy groups -OCH3 is 2. The molecule has 2 heterocycles. The van der Waals surface area contributed by atoms with Crippen LogP contribution in [0.25, 0.3) is 22.7 Å². The van der Waals surface area contributed by atoms with Gasteiger partial charge in [-0.3, -0.25) is 9.78 Å². The minimum Gasteiger partial charge on any atom is -0.493 e. The first-order valence-corrected chi connectivity index (χ1v) is 8.95. The molecule has 0 aliphatic carbocycles. The van der Waals surface area contributed by atoms with Crippen molar-refractivity contribution in [1.82, 2.24) is 9.97 Å². The highest BCUT2D eigenvalue weighted by molar-refractivity contribution is 6.31. The molecule has 0 fully saturated rings. The predicted molar refractivity (Wildman–Crippen MR) is 110 cm³/mol. The van der Waals surface area contributed by atoms with Gasteiger partial charge in [0.05, 0.1) is 25.5 Å². The maximum Gasteiger partial charge on any atom is 0.231 e. The molecular weight excluding hydrogens is 368 g/mol. The lowest BCUT2D eigenvalue weighted by Crippen LogP contribution is -2.04. The number of carbonyl (C=O) groups is 1. The van der Waals surface area contributed by atoms with E-state index < -0.39 is 0 Å². The summed E-state index contributed by atoms with van der Waals surface area (Å²) in [5.74, 6) is 0.981. The Morgan fingerprint density at radius 3 is 2.48 bits per heavy atom. The first-order valence-electron chi connectivity index (χ1n) is 8.95. The molecule has 0 N–H and O–H groups in total. The Bertz CT molecular complexity index is 1160. The zero-order valence-corrected chi connectivity index (χ0v) is 16.0. The number of carbonyl (C=O) groups excluding carboxylic acids is 1. The minimum atomic E-state index is -0.261. The van der Waals surface area contributed by atoms with E-state index in [0.29, 0.717) is 39.4 Å². The molecule has 0 saturated carbocycles. The van der Waals surface area contributed by atoms with E-state index in [1.165, 1.54) is 7.11 Å². The van der Waals surface area contributed by atoms with Crippen LogP contribution in [-0.4, -0.2) is 30.0 Å². The zero-order valence-electron chi connectivity index (χ0n) is 16.0. The summed E-state index contributed by atoms with van der Waals surface area (Å²) >= 11 is 0. The van der Waals surface area contributed by atoms with Gasteiger partial charge in [-0.25, -0.2) is 4.98 Å². The lowest BCUT2D eigenvalue weighted by atomic mass is 10.0. The average molecular weight is 386 g/mol. The van der Waals surface area contributed by atoms with Crippen LogP contribution < -0.4 is 9.47 Å². The van der Waals surface area contributed by atoms with E-state index in [4.69, 9.17) is 13.9 Å². The molecule has 0 amide bonds. The van der Waals surface area contributed by atoms with Crippen LogP contribution in [0.4, 0.5) is 0 Å². The average Bonchev–Trinajstić information content (AvgIpc) is 3.21. The highest BCUT2D eigenvalue weighted by atomic mass is 16.5. The first-order chi connectivity index (χ1) is 14.2. The Hall–Kier alpha value is -3.93. The van der Waals surface area contributed by atoms with E-state index in [1.54, 1.807) is 37.6 Å². The van der Waals surface area contributed by atoms with Gasteiger partial charge >= 0.3 is 0 Å². The number of nitrogens with zero attached hydrogens (tertiary/aromatic N) is 2. The highest BCUT2D eigenvalue weighted by Crippen LogP contribution is 2.31. The molecule has 0 saturated heterocycles. The maximum atomic E-state index is 13.4. The van der Waals surface area contributed by atoms with Crippen molar-refractivity contribution in [2.75, 3.05) is 14.2 Å². The van der Waals surface area contributed by atoms with Gasteiger partial charge in [0, 0.05) is 11.8 Å². The SMILES string of the molecule is COc1ccc(C(=O)/C(=C/c2ccccn2)c2nc3ccccc3o2)cc1OC. The van der Waals surface area contributed by atoms with E-state index in [2.05, 4.69) is 9.97 Å². The molecule has 2 aromatic carbocycles. The quantitative estimate of drug-likeness (QED) is 0.354. The fraction of sp³-hybridized carbons (Fsp3) is 0.0870. The Kier molecular flexibility index (Phi) is 5.07. The van der Waals surface area contributed by atoms with Gasteiger partial charge in [0.2, 0.25) is 5.89 Å². The van der Waals surface area contributed by atoms with Gasteiger partial charge < -0.3 is 13.9 Å². The largest absolute Gasteiger partial charge is 0.493 e. The molecule has 2 aromatic heterocycles. The summed E-state index contributed by atoms with van der Waals surface area (Å²) in [7, 11) is 3.07. The molecular formula is C23H18N2O4. The van der Waals surface area contributed by atoms with E-state index >= 15 is 0 Å². The molecule has 4 aromatic rings. The number of ether oxygens (including phenoxy) is 2. The van der Waals surface area contributed by atoms with Gasteiger partial charge in [-0.15, -0.1) is 0 Å². The number of rotatable bonds is 6. The Morgan fingerprint density at radius 1 is 0.966 bits per heavy atom. The zero-order chi connectivity index (χ0) is 20.2. The topological polar surface area (TPSA) is 74.5 Å². The van der Waals surface area contributed by atoms with Crippen LogP contribution >= 0.6 is 0 Å². The lowest BCUT2D eigenvalue weighted by Gasteiger charge is -2.09. The van der Waals surface area contributed by atoms with Crippen LogP contribution in [0.3, 0.4) is 0 Å². The molecule has 6 nitrogen and oxygen atoms in total. The van der Waals surface area contributed by atoms with Crippen molar-refractivity contribution in [3.8, 4) is 11.5 Å². The standard InChI is InChI=1S/C23H18N2O4/c1-27-20-11-10-15(13-21(20)28-2)22(26)17(14-16-7-5-6-12-24-16)23-25-18-8-3-4-9-19(18)29-23/h3-14H,1-2H3/b17-14-. The summed E-state index contributed by atoms with van der Waals surface area (Å²) in [4.78, 5) is 22.2. The second-order valence-electron chi connectivity index (χ2n) is 6.20. The first kappa shape index (κ1) is 18.4. The summed E-state index contributed by atoms with van der Waals surface area (Å²) in [6.07, 6.45) is 3.33. The highest BCUT2D eigenvalue weighted by Gasteiger charge is 2.21. The van der Waals surface area contributed by atoms with Crippen LogP contribution in [0.2, 0.25) is 0 Å². The fourth-order valence-electron chi connectivity index (χ4n) is 2.95. The molecule has 6 heteroatoms. The third-order valence-electron chi connectivity index (χ3n) is 4.39. The van der Waals surface area contributed by atoms with Crippen molar-refractivity contribution >= 4 is 28.5 Å². The molecule has 4 rings (SSSR count). The number of para-hydroxylation sites is 2. The molecule has 0 atom stereocenters. The summed E-state index contributed by atoms with van der Waals surface area (Å²) in [6, 6.07) is 17.8. The smallest absolute Gasteiger partial charge is 0.231 e. The molecule has 0 bridgehead atoms. The van der Waals surface area contributed by atoms with Gasteiger partial charge in [-0.2, -0.15) is 0 Å². The maximum absolute atomic E-state index is 13.4. The molecule has 0 aliphatic heterocycles. The lowest BCUT2D eigenvalue weighted by molar-refractivity contribution is 0.105. The summed E-state index contributed by atoms with van der Waals surface area (Å²) in [5, 5.41) is 0. The number of hydrogen-bond acceptors (Lipinski definition) is 6. The van der Waals surface area contributed by atoms with Crippen molar-refractivity contribution in [3.63, 3.8) is 0 Å². The third kappa shape index (κ3) is 3.73. The van der Waals surface area contributed by atoms with Gasteiger partial charge in [0.15, 0.2) is 22.9 Å². The minimum absolute atomic E-state index is 0.233. The number of Topliss-reactive ketones (excluding diaryl/α,β-unsaturated/α-hetero) is 1. The van der Waals surface area contributed by atoms with E-state index in [9.17, 15) is 4.79 Å². The van der Waals surface area contributed by atoms with Gasteiger partial charge in [-0.05, 0) is 48.5 Å². The number of allylic oxidation sites excluding steroid dienone is 1. The van der Waals surface area contributed by atoms with Crippen molar-refractivity contribution in [3.05, 3.63) is 84.0 Å². The second-order valence-corrected chi connectivity index (χ2v) is 6.20. The van der Waals surface area contributed by atoms with Crippen molar-refractivity contribution < 1.29 is 18.7 Å². The summed E-state index contributed by atoms with van der Waals surface area (Å²) < 4.78 is 16.5. The molecule has 0 unspecified atom stereocenters. The van der Waals surface area contributed by atoms with Gasteiger partial charge in [0.25, 0.3) is 0 Å². The number of hydrogen-bond donors (Lipinski definition) is 0. The number of ketones is 1. The van der Waals surface area contributed by atoms with Gasteiger partial charge in [0.1, 0.15) is 5.52 Å². The Labute approximate surface area is 167 Å². The van der Waals surface area contributed by atoms with E-state index in [-0.39, 0.29) is 11.7 Å². The van der Waals surface area contributed by atoms with E-state index in [0.717, 1.165) is 0 Å². The Balaban J connectivity index is 1.84. The molecule has 0 radical (unpaired) electrons. The van der Waals surface area contributed by atoms with Crippen LogP contribution in [0, 0.1) is 0 Å². The van der Waals surface area contributed by atoms with Gasteiger partial charge in [-0.1, -0.05) is 18.2 Å². The summed E-state index contributed by atoms with van der Waals surface area (Å²) in [6.45, 7) is 0.